The van der Waals surface area contributed by atoms with Gasteiger partial charge in [0.15, 0.2) is 0 Å². The molecule has 0 unspecified atom stereocenters. The van der Waals surface area contributed by atoms with Crippen LogP contribution in [-0.4, -0.2) is 35.9 Å². The van der Waals surface area contributed by atoms with Crippen molar-refractivity contribution in [3.8, 4) is 39.7 Å². The molecule has 0 aliphatic rings. The lowest BCUT2D eigenvalue weighted by molar-refractivity contribution is 0.477. The number of aromatic nitrogens is 6. The molecule has 0 saturated carbocycles. The first kappa shape index (κ1) is 13.2. The first-order valence-corrected chi connectivity index (χ1v) is 6.99. The minimum Gasteiger partial charge on any atom is -0.507 e. The number of phenols is 1. The summed E-state index contributed by atoms with van der Waals surface area (Å²) in [6.45, 7) is 0. The van der Waals surface area contributed by atoms with Crippen molar-refractivity contribution in [2.45, 2.75) is 0 Å². The molecular formula is C16H12N6O. The fourth-order valence-corrected chi connectivity index (χ4v) is 2.39. The van der Waals surface area contributed by atoms with Gasteiger partial charge in [0.1, 0.15) is 5.75 Å². The van der Waals surface area contributed by atoms with E-state index in [2.05, 4.69) is 30.8 Å². The minimum atomic E-state index is 0.153. The number of rotatable bonds is 3. The molecule has 0 atom stereocenters. The first-order chi connectivity index (χ1) is 11.3. The summed E-state index contributed by atoms with van der Waals surface area (Å²) in [5, 5.41) is 31.3. The molecular weight excluding hydrogens is 292 g/mol. The smallest absolute Gasteiger partial charge is 0.204 e. The largest absolute Gasteiger partial charge is 0.507 e. The van der Waals surface area contributed by atoms with Gasteiger partial charge in [0.05, 0.1) is 11.4 Å². The number of aromatic amines is 2. The number of hydrogen-bond acceptors (Lipinski definition) is 5. The second-order valence-corrected chi connectivity index (χ2v) is 5.00. The van der Waals surface area contributed by atoms with Crippen LogP contribution in [0.1, 0.15) is 0 Å². The van der Waals surface area contributed by atoms with E-state index in [1.165, 1.54) is 0 Å². The summed E-state index contributed by atoms with van der Waals surface area (Å²) in [6.07, 6.45) is 0. The quantitative estimate of drug-likeness (QED) is 0.540. The zero-order valence-corrected chi connectivity index (χ0v) is 11.9. The normalized spacial score (nSPS) is 10.8. The van der Waals surface area contributed by atoms with Gasteiger partial charge >= 0.3 is 0 Å². The van der Waals surface area contributed by atoms with Crippen molar-refractivity contribution < 1.29 is 5.11 Å². The summed E-state index contributed by atoms with van der Waals surface area (Å²) in [6, 6.07) is 16.9. The number of hydrogen-bond donors (Lipinski definition) is 3. The van der Waals surface area contributed by atoms with Crippen LogP contribution >= 0.6 is 0 Å². The molecule has 0 aliphatic heterocycles. The predicted octanol–water partition coefficient (Wildman–Crippen LogP) is 2.63. The van der Waals surface area contributed by atoms with Gasteiger partial charge in [0, 0.05) is 16.7 Å². The Bertz CT molecular complexity index is 930. The molecule has 0 fully saturated rings. The van der Waals surface area contributed by atoms with Crippen molar-refractivity contribution >= 4 is 0 Å². The third kappa shape index (κ3) is 2.44. The lowest BCUT2D eigenvalue weighted by Gasteiger charge is -2.03. The van der Waals surface area contributed by atoms with E-state index < -0.39 is 0 Å². The van der Waals surface area contributed by atoms with E-state index in [9.17, 15) is 5.11 Å². The number of nitrogens with zero attached hydrogens (tertiary/aromatic N) is 4. The molecule has 7 nitrogen and oxygen atoms in total. The lowest BCUT2D eigenvalue weighted by atomic mass is 10.1. The van der Waals surface area contributed by atoms with Crippen LogP contribution in [0.3, 0.4) is 0 Å². The van der Waals surface area contributed by atoms with Gasteiger partial charge < -0.3 is 5.11 Å². The molecule has 2 aromatic carbocycles. The van der Waals surface area contributed by atoms with Gasteiger partial charge in [-0.05, 0) is 29.5 Å². The molecule has 3 N–H and O–H groups in total. The molecule has 0 radical (unpaired) electrons. The average Bonchev–Trinajstić information content (AvgIpc) is 3.28. The van der Waals surface area contributed by atoms with Crippen LogP contribution in [0.25, 0.3) is 33.9 Å². The average molecular weight is 304 g/mol. The fourth-order valence-electron chi connectivity index (χ4n) is 2.39. The van der Waals surface area contributed by atoms with Crippen molar-refractivity contribution in [1.82, 2.24) is 30.8 Å². The molecule has 2 heterocycles. The van der Waals surface area contributed by atoms with Gasteiger partial charge in [0.25, 0.3) is 0 Å². The molecule has 0 aliphatic carbocycles. The van der Waals surface area contributed by atoms with Gasteiger partial charge in [-0.1, -0.05) is 30.3 Å². The third-order valence-corrected chi connectivity index (χ3v) is 3.54. The highest BCUT2D eigenvalue weighted by atomic mass is 16.3. The Morgan fingerprint density at radius 1 is 0.870 bits per heavy atom. The van der Waals surface area contributed by atoms with E-state index in [0.29, 0.717) is 17.1 Å². The van der Waals surface area contributed by atoms with Crippen molar-refractivity contribution in [3.63, 3.8) is 0 Å². The summed E-state index contributed by atoms with van der Waals surface area (Å²) in [4.78, 5) is 0. The van der Waals surface area contributed by atoms with Crippen LogP contribution in [0.5, 0.6) is 5.75 Å². The molecule has 7 heteroatoms. The number of nitrogens with one attached hydrogen (secondary N) is 2. The molecule has 112 valence electrons. The first-order valence-electron chi connectivity index (χ1n) is 6.99. The maximum absolute atomic E-state index is 10.2. The predicted molar refractivity (Wildman–Crippen MR) is 84.3 cm³/mol. The summed E-state index contributed by atoms with van der Waals surface area (Å²) >= 11 is 0. The van der Waals surface area contributed by atoms with E-state index in [4.69, 9.17) is 0 Å². The molecule has 0 amide bonds. The van der Waals surface area contributed by atoms with Crippen LogP contribution in [0.15, 0.2) is 54.6 Å². The topological polar surface area (TPSA) is 103 Å². The number of aromatic hydroxyl groups is 1. The Labute approximate surface area is 131 Å². The lowest BCUT2D eigenvalue weighted by Crippen LogP contribution is -1.85. The van der Waals surface area contributed by atoms with Crippen LogP contribution in [0.2, 0.25) is 0 Å². The maximum Gasteiger partial charge on any atom is 0.204 e. The van der Waals surface area contributed by atoms with E-state index in [-0.39, 0.29) is 5.75 Å². The van der Waals surface area contributed by atoms with Gasteiger partial charge in [0.2, 0.25) is 5.82 Å². The second-order valence-electron chi connectivity index (χ2n) is 5.00. The van der Waals surface area contributed by atoms with Crippen molar-refractivity contribution in [3.05, 3.63) is 54.6 Å². The van der Waals surface area contributed by atoms with E-state index in [1.54, 1.807) is 18.2 Å². The second kappa shape index (κ2) is 5.38. The van der Waals surface area contributed by atoms with Crippen molar-refractivity contribution in [1.29, 1.82) is 0 Å². The van der Waals surface area contributed by atoms with E-state index in [0.717, 1.165) is 16.8 Å². The SMILES string of the molecule is Oc1ccc(-c2nn[nH]n2)cc1-c1cc(-c2ccccc2)n[nH]1. The van der Waals surface area contributed by atoms with Crippen LogP contribution in [0, 0.1) is 0 Å². The Morgan fingerprint density at radius 2 is 1.74 bits per heavy atom. The highest BCUT2D eigenvalue weighted by Crippen LogP contribution is 2.33. The summed E-state index contributed by atoms with van der Waals surface area (Å²) in [5.41, 5.74) is 3.91. The molecule has 0 spiro atoms. The highest BCUT2D eigenvalue weighted by molar-refractivity contribution is 5.76. The molecule has 0 bridgehead atoms. The standard InChI is InChI=1S/C16H12N6O/c23-15-7-6-11(16-19-21-22-20-16)8-12(15)14-9-13(17-18-14)10-4-2-1-3-5-10/h1-9,23H,(H,17,18)(H,19,20,21,22). The Kier molecular flexibility index (Phi) is 3.09. The van der Waals surface area contributed by atoms with Crippen LogP contribution < -0.4 is 0 Å². The third-order valence-electron chi connectivity index (χ3n) is 3.54. The number of benzene rings is 2. The molecule has 4 rings (SSSR count). The molecule has 2 aromatic heterocycles. The Balaban J connectivity index is 1.76. The monoisotopic (exact) mass is 304 g/mol. The summed E-state index contributed by atoms with van der Waals surface area (Å²) in [5.74, 6) is 0.620. The zero-order chi connectivity index (χ0) is 15.6. The molecule has 4 aromatic rings. The maximum atomic E-state index is 10.2. The summed E-state index contributed by atoms with van der Waals surface area (Å²) in [7, 11) is 0. The minimum absolute atomic E-state index is 0.153. The van der Waals surface area contributed by atoms with E-state index in [1.807, 2.05) is 36.4 Å². The summed E-state index contributed by atoms with van der Waals surface area (Å²) < 4.78 is 0. The Hall–Kier alpha value is -3.48. The number of tetrazole rings is 1. The van der Waals surface area contributed by atoms with Crippen LogP contribution in [-0.2, 0) is 0 Å². The Morgan fingerprint density at radius 3 is 2.52 bits per heavy atom. The fraction of sp³-hybridized carbons (Fsp3) is 0. The van der Waals surface area contributed by atoms with Crippen LogP contribution in [0.4, 0.5) is 0 Å². The number of phenolic OH excluding ortho intramolecular Hbond substituents is 1. The van der Waals surface area contributed by atoms with Gasteiger partial charge in [-0.2, -0.15) is 10.3 Å². The van der Waals surface area contributed by atoms with Crippen molar-refractivity contribution in [2.24, 2.45) is 0 Å². The van der Waals surface area contributed by atoms with Gasteiger partial charge in [-0.25, -0.2) is 0 Å². The van der Waals surface area contributed by atoms with Gasteiger partial charge in [-0.15, -0.1) is 10.2 Å². The number of H-pyrrole nitrogens is 2. The molecule has 0 saturated heterocycles. The zero-order valence-electron chi connectivity index (χ0n) is 11.9. The van der Waals surface area contributed by atoms with Gasteiger partial charge in [-0.3, -0.25) is 5.10 Å². The highest BCUT2D eigenvalue weighted by Gasteiger charge is 2.12. The van der Waals surface area contributed by atoms with E-state index >= 15 is 0 Å². The molecule has 23 heavy (non-hydrogen) atoms. The van der Waals surface area contributed by atoms with Crippen molar-refractivity contribution in [2.75, 3.05) is 0 Å².